The van der Waals surface area contributed by atoms with E-state index in [0.717, 1.165) is 44.5 Å². The highest BCUT2D eigenvalue weighted by atomic mass is 35.5. The van der Waals surface area contributed by atoms with Crippen LogP contribution in [0.3, 0.4) is 0 Å². The van der Waals surface area contributed by atoms with Crippen molar-refractivity contribution in [1.29, 1.82) is 0 Å². The van der Waals surface area contributed by atoms with Gasteiger partial charge in [-0.2, -0.15) is 0 Å². The van der Waals surface area contributed by atoms with Crippen LogP contribution < -0.4 is 0 Å². The Morgan fingerprint density at radius 3 is 2.57 bits per heavy atom. The summed E-state index contributed by atoms with van der Waals surface area (Å²) < 4.78 is 13.0. The van der Waals surface area contributed by atoms with Gasteiger partial charge < -0.3 is 5.11 Å². The average molecular weight is 314 g/mol. The van der Waals surface area contributed by atoms with Crippen molar-refractivity contribution in [3.05, 3.63) is 34.6 Å². The molecule has 1 N–H and O–H groups in total. The van der Waals surface area contributed by atoms with Gasteiger partial charge >= 0.3 is 0 Å². The number of benzene rings is 1. The highest BCUT2D eigenvalue weighted by molar-refractivity contribution is 6.31. The lowest BCUT2D eigenvalue weighted by atomic mass is 9.87. The molecule has 0 bridgehead atoms. The first-order chi connectivity index (χ1) is 9.95. The normalized spacial score (nSPS) is 19.1. The standard InChI is InChI=1S/C17H25ClFNO/c1-12(2)9-17(21)13-5-7-20(8-6-13)11-14-3-4-15(19)10-16(14)18/h3-4,10,12-13,17,21H,5-9,11H2,1-2H3/t17-/m1/s1. The lowest BCUT2D eigenvalue weighted by Crippen LogP contribution is -2.37. The van der Waals surface area contributed by atoms with E-state index in [-0.39, 0.29) is 11.9 Å². The first kappa shape index (κ1) is 16.7. The molecule has 0 radical (unpaired) electrons. The van der Waals surface area contributed by atoms with Gasteiger partial charge in [0.2, 0.25) is 0 Å². The van der Waals surface area contributed by atoms with E-state index in [1.807, 2.05) is 0 Å². The van der Waals surface area contributed by atoms with Gasteiger partial charge in [-0.3, -0.25) is 4.90 Å². The van der Waals surface area contributed by atoms with Crippen LogP contribution in [-0.2, 0) is 6.54 Å². The number of hydrogen-bond donors (Lipinski definition) is 1. The molecule has 0 spiro atoms. The SMILES string of the molecule is CC(C)C[C@@H](O)C1CCN(Cc2ccc(F)cc2Cl)CC1. The Kier molecular flexibility index (Phi) is 6.03. The fraction of sp³-hybridized carbons (Fsp3) is 0.647. The van der Waals surface area contributed by atoms with Gasteiger partial charge in [0.25, 0.3) is 0 Å². The fourth-order valence-electron chi connectivity index (χ4n) is 3.06. The van der Waals surface area contributed by atoms with Crippen molar-refractivity contribution >= 4 is 11.6 Å². The number of nitrogens with zero attached hydrogens (tertiary/aromatic N) is 1. The van der Waals surface area contributed by atoms with E-state index in [2.05, 4.69) is 18.7 Å². The molecule has 0 aromatic heterocycles. The third kappa shape index (κ3) is 4.94. The highest BCUT2D eigenvalue weighted by Crippen LogP contribution is 2.26. The molecule has 0 amide bonds. The zero-order chi connectivity index (χ0) is 15.4. The molecule has 1 atom stereocenters. The molecule has 1 aromatic carbocycles. The highest BCUT2D eigenvalue weighted by Gasteiger charge is 2.25. The Bertz CT molecular complexity index is 458. The van der Waals surface area contributed by atoms with E-state index in [9.17, 15) is 9.50 Å². The van der Waals surface area contributed by atoms with Crippen LogP contribution in [0.2, 0.25) is 5.02 Å². The predicted molar refractivity (Wildman–Crippen MR) is 84.9 cm³/mol. The number of likely N-dealkylation sites (tertiary alicyclic amines) is 1. The molecule has 1 aliphatic heterocycles. The second-order valence-electron chi connectivity index (χ2n) is 6.55. The number of aliphatic hydroxyl groups is 1. The first-order valence-corrected chi connectivity index (χ1v) is 8.18. The third-order valence-electron chi connectivity index (χ3n) is 4.30. The van der Waals surface area contributed by atoms with Gasteiger partial charge in [-0.25, -0.2) is 4.39 Å². The largest absolute Gasteiger partial charge is 0.393 e. The van der Waals surface area contributed by atoms with Crippen LogP contribution in [-0.4, -0.2) is 29.2 Å². The van der Waals surface area contributed by atoms with E-state index in [4.69, 9.17) is 11.6 Å². The summed E-state index contributed by atoms with van der Waals surface area (Å²) in [5.41, 5.74) is 0.972. The van der Waals surface area contributed by atoms with Gasteiger partial charge in [-0.1, -0.05) is 31.5 Å². The smallest absolute Gasteiger partial charge is 0.124 e. The molecule has 1 saturated heterocycles. The summed E-state index contributed by atoms with van der Waals surface area (Å²) in [6, 6.07) is 4.59. The van der Waals surface area contributed by atoms with Gasteiger partial charge in [0, 0.05) is 11.6 Å². The van der Waals surface area contributed by atoms with Crippen molar-refractivity contribution in [1.82, 2.24) is 4.90 Å². The maximum absolute atomic E-state index is 13.0. The summed E-state index contributed by atoms with van der Waals surface area (Å²) in [7, 11) is 0. The van der Waals surface area contributed by atoms with Crippen LogP contribution in [0.5, 0.6) is 0 Å². The zero-order valence-corrected chi connectivity index (χ0v) is 13.6. The van der Waals surface area contributed by atoms with Crippen molar-refractivity contribution in [3.8, 4) is 0 Å². The van der Waals surface area contributed by atoms with Crippen molar-refractivity contribution in [2.24, 2.45) is 11.8 Å². The fourth-order valence-corrected chi connectivity index (χ4v) is 3.29. The molecule has 21 heavy (non-hydrogen) atoms. The molecule has 1 aromatic rings. The van der Waals surface area contributed by atoms with Gasteiger partial charge in [0.05, 0.1) is 6.10 Å². The Morgan fingerprint density at radius 2 is 2.00 bits per heavy atom. The number of piperidine rings is 1. The topological polar surface area (TPSA) is 23.5 Å². The predicted octanol–water partition coefficient (Wildman–Crippen LogP) is 4.10. The van der Waals surface area contributed by atoms with Gasteiger partial charge in [0.1, 0.15) is 5.82 Å². The van der Waals surface area contributed by atoms with E-state index < -0.39 is 0 Å². The van der Waals surface area contributed by atoms with Crippen molar-refractivity contribution in [2.75, 3.05) is 13.1 Å². The van der Waals surface area contributed by atoms with Crippen LogP contribution >= 0.6 is 11.6 Å². The zero-order valence-electron chi connectivity index (χ0n) is 12.9. The Labute approximate surface area is 131 Å². The molecule has 2 rings (SSSR count). The molecule has 4 heteroatoms. The second kappa shape index (κ2) is 7.57. The Hall–Kier alpha value is -0.640. The minimum Gasteiger partial charge on any atom is -0.393 e. The van der Waals surface area contributed by atoms with E-state index >= 15 is 0 Å². The second-order valence-corrected chi connectivity index (χ2v) is 6.95. The van der Waals surface area contributed by atoms with Gasteiger partial charge in [-0.15, -0.1) is 0 Å². The van der Waals surface area contributed by atoms with Crippen LogP contribution in [0, 0.1) is 17.7 Å². The third-order valence-corrected chi connectivity index (χ3v) is 4.65. The number of hydrogen-bond acceptors (Lipinski definition) is 2. The summed E-state index contributed by atoms with van der Waals surface area (Å²) in [6.07, 6.45) is 2.75. The number of halogens is 2. The molecule has 2 nitrogen and oxygen atoms in total. The van der Waals surface area contributed by atoms with Crippen LogP contribution in [0.4, 0.5) is 4.39 Å². The maximum atomic E-state index is 13.0. The lowest BCUT2D eigenvalue weighted by molar-refractivity contribution is 0.0436. The molecular formula is C17H25ClFNO. The molecule has 1 fully saturated rings. The first-order valence-electron chi connectivity index (χ1n) is 7.80. The van der Waals surface area contributed by atoms with Crippen molar-refractivity contribution < 1.29 is 9.50 Å². The van der Waals surface area contributed by atoms with Crippen LogP contribution in [0.1, 0.15) is 38.7 Å². The number of aliphatic hydroxyl groups excluding tert-OH is 1. The molecule has 0 aliphatic carbocycles. The molecule has 1 aliphatic rings. The van der Waals surface area contributed by atoms with Gasteiger partial charge in [0.15, 0.2) is 0 Å². The monoisotopic (exact) mass is 313 g/mol. The van der Waals surface area contributed by atoms with Crippen LogP contribution in [0.15, 0.2) is 18.2 Å². The summed E-state index contributed by atoms with van der Waals surface area (Å²) in [5, 5.41) is 10.7. The van der Waals surface area contributed by atoms with Crippen LogP contribution in [0.25, 0.3) is 0 Å². The summed E-state index contributed by atoms with van der Waals surface area (Å²) in [6.45, 7) is 6.98. The van der Waals surface area contributed by atoms with Crippen molar-refractivity contribution in [2.45, 2.75) is 45.8 Å². The van der Waals surface area contributed by atoms with E-state index in [1.165, 1.54) is 12.1 Å². The lowest BCUT2D eigenvalue weighted by Gasteiger charge is -2.34. The summed E-state index contributed by atoms with van der Waals surface area (Å²) in [5.74, 6) is 0.655. The quantitative estimate of drug-likeness (QED) is 0.884. The minimum atomic E-state index is -0.292. The summed E-state index contributed by atoms with van der Waals surface area (Å²) in [4.78, 5) is 2.33. The maximum Gasteiger partial charge on any atom is 0.124 e. The van der Waals surface area contributed by atoms with Gasteiger partial charge in [-0.05, 0) is 61.9 Å². The minimum absolute atomic E-state index is 0.179. The number of rotatable bonds is 5. The van der Waals surface area contributed by atoms with E-state index in [1.54, 1.807) is 6.07 Å². The molecule has 0 saturated carbocycles. The average Bonchev–Trinajstić information content (AvgIpc) is 2.42. The Morgan fingerprint density at radius 1 is 1.33 bits per heavy atom. The molecule has 1 heterocycles. The molecular weight excluding hydrogens is 289 g/mol. The molecule has 118 valence electrons. The van der Waals surface area contributed by atoms with Crippen molar-refractivity contribution in [3.63, 3.8) is 0 Å². The van der Waals surface area contributed by atoms with E-state index in [0.29, 0.717) is 16.9 Å². The Balaban J connectivity index is 1.84. The summed E-state index contributed by atoms with van der Waals surface area (Å²) >= 11 is 6.08. The molecule has 0 unspecified atom stereocenters.